The monoisotopic (exact) mass is 290 g/mol. The Bertz CT molecular complexity index is 519. The van der Waals surface area contributed by atoms with E-state index in [0.717, 1.165) is 12.1 Å². The Morgan fingerprint density at radius 3 is 1.80 bits per heavy atom. The number of carboxylic acid groups (broad SMARTS) is 2. The fourth-order valence-corrected chi connectivity index (χ4v) is 1.43. The van der Waals surface area contributed by atoms with Gasteiger partial charge in [-0.25, -0.2) is 0 Å². The van der Waals surface area contributed by atoms with Crippen LogP contribution in [0, 0.1) is 5.92 Å². The molecule has 0 aliphatic carbocycles. The second-order valence-electron chi connectivity index (χ2n) is 3.93. The minimum absolute atomic E-state index is 0.175. The first kappa shape index (κ1) is 15.7. The van der Waals surface area contributed by atoms with E-state index >= 15 is 0 Å². The predicted molar refractivity (Wildman–Crippen MR) is 59.2 cm³/mol. The molecule has 0 fully saturated rings. The Hall–Kier alpha value is -2.38. The highest BCUT2D eigenvalue weighted by molar-refractivity contribution is 6.03. The van der Waals surface area contributed by atoms with Crippen LogP contribution in [0.4, 0.5) is 13.2 Å². The van der Waals surface area contributed by atoms with Gasteiger partial charge in [-0.1, -0.05) is 12.1 Å². The minimum atomic E-state index is -4.55. The van der Waals surface area contributed by atoms with Crippen molar-refractivity contribution in [1.82, 2.24) is 0 Å². The summed E-state index contributed by atoms with van der Waals surface area (Å²) in [6.45, 7) is 0. The molecule has 0 heterocycles. The number of ketones is 1. The topological polar surface area (TPSA) is 91.7 Å². The standard InChI is InChI=1S/C12H9F3O5/c13-12(14,15)7-3-1-6(2-4-7)9(16)5-8(10(17)18)11(19)20/h1-4,8H,5H2,(H,17,18)(H,19,20). The molecule has 0 unspecified atom stereocenters. The minimum Gasteiger partial charge on any atom is -0.481 e. The fourth-order valence-electron chi connectivity index (χ4n) is 1.43. The maximum absolute atomic E-state index is 12.3. The Labute approximate surface area is 110 Å². The first-order valence-electron chi connectivity index (χ1n) is 5.29. The fraction of sp³-hybridized carbons (Fsp3) is 0.250. The molecule has 5 nitrogen and oxygen atoms in total. The molecule has 0 aromatic heterocycles. The molecule has 108 valence electrons. The number of carbonyl (C=O) groups is 3. The molecule has 0 aliphatic rings. The lowest BCUT2D eigenvalue weighted by atomic mass is 9.98. The molecule has 1 aromatic carbocycles. The summed E-state index contributed by atoms with van der Waals surface area (Å²) in [5.41, 5.74) is -1.13. The number of halogens is 3. The molecule has 0 saturated heterocycles. The van der Waals surface area contributed by atoms with Crippen LogP contribution in [0.3, 0.4) is 0 Å². The van der Waals surface area contributed by atoms with Crippen LogP contribution >= 0.6 is 0 Å². The number of carboxylic acids is 2. The molecule has 2 N–H and O–H groups in total. The third-order valence-electron chi connectivity index (χ3n) is 2.52. The van der Waals surface area contributed by atoms with E-state index in [0.29, 0.717) is 12.1 Å². The number of hydrogen-bond acceptors (Lipinski definition) is 3. The number of carbonyl (C=O) groups excluding carboxylic acids is 1. The summed E-state index contributed by atoms with van der Waals surface area (Å²) in [4.78, 5) is 32.8. The van der Waals surface area contributed by atoms with Gasteiger partial charge in [0.25, 0.3) is 0 Å². The Morgan fingerprint density at radius 2 is 1.45 bits per heavy atom. The zero-order valence-electron chi connectivity index (χ0n) is 9.85. The molecule has 1 rings (SSSR count). The number of Topliss-reactive ketones (excluding diaryl/α,β-unsaturated/α-hetero) is 1. The van der Waals surface area contributed by atoms with Crippen molar-refractivity contribution in [3.8, 4) is 0 Å². The van der Waals surface area contributed by atoms with Gasteiger partial charge in [0, 0.05) is 12.0 Å². The van der Waals surface area contributed by atoms with Crippen molar-refractivity contribution in [2.45, 2.75) is 12.6 Å². The van der Waals surface area contributed by atoms with Crippen molar-refractivity contribution in [3.05, 3.63) is 35.4 Å². The smallest absolute Gasteiger partial charge is 0.416 e. The normalized spacial score (nSPS) is 11.4. The molecular weight excluding hydrogens is 281 g/mol. The molecule has 0 radical (unpaired) electrons. The van der Waals surface area contributed by atoms with E-state index in [1.807, 2.05) is 0 Å². The van der Waals surface area contributed by atoms with Crippen LogP contribution in [-0.2, 0) is 15.8 Å². The first-order valence-corrected chi connectivity index (χ1v) is 5.29. The number of benzene rings is 1. The maximum atomic E-state index is 12.3. The third-order valence-corrected chi connectivity index (χ3v) is 2.52. The third kappa shape index (κ3) is 3.81. The highest BCUT2D eigenvalue weighted by Gasteiger charge is 2.31. The lowest BCUT2D eigenvalue weighted by molar-refractivity contribution is -0.154. The molecule has 8 heteroatoms. The number of rotatable bonds is 5. The molecule has 0 amide bonds. The summed E-state index contributed by atoms with van der Waals surface area (Å²) in [6, 6.07) is 3.10. The molecule has 0 saturated carbocycles. The summed E-state index contributed by atoms with van der Waals surface area (Å²) in [5.74, 6) is -6.14. The molecule has 20 heavy (non-hydrogen) atoms. The Morgan fingerprint density at radius 1 is 1.00 bits per heavy atom. The van der Waals surface area contributed by atoms with E-state index in [2.05, 4.69) is 0 Å². The van der Waals surface area contributed by atoms with Gasteiger partial charge in [-0.2, -0.15) is 13.2 Å². The van der Waals surface area contributed by atoms with Crippen LogP contribution in [0.2, 0.25) is 0 Å². The van der Waals surface area contributed by atoms with Crippen molar-refractivity contribution < 1.29 is 37.8 Å². The lowest BCUT2D eigenvalue weighted by Crippen LogP contribution is -2.26. The SMILES string of the molecule is O=C(CC(C(=O)O)C(=O)O)c1ccc(C(F)(F)F)cc1. The van der Waals surface area contributed by atoms with Crippen molar-refractivity contribution in [2.24, 2.45) is 5.92 Å². The average Bonchev–Trinajstić information content (AvgIpc) is 2.34. The van der Waals surface area contributed by atoms with E-state index in [4.69, 9.17) is 10.2 Å². The zero-order chi connectivity index (χ0) is 15.5. The van der Waals surface area contributed by atoms with E-state index in [9.17, 15) is 27.6 Å². The van der Waals surface area contributed by atoms with Gasteiger partial charge in [0.15, 0.2) is 11.7 Å². The van der Waals surface area contributed by atoms with Crippen molar-refractivity contribution in [1.29, 1.82) is 0 Å². The highest BCUT2D eigenvalue weighted by atomic mass is 19.4. The highest BCUT2D eigenvalue weighted by Crippen LogP contribution is 2.29. The van der Waals surface area contributed by atoms with E-state index in [1.165, 1.54) is 0 Å². The van der Waals surface area contributed by atoms with Gasteiger partial charge in [-0.15, -0.1) is 0 Å². The molecule has 0 aliphatic heterocycles. The summed E-state index contributed by atoms with van der Waals surface area (Å²) >= 11 is 0. The van der Waals surface area contributed by atoms with Crippen molar-refractivity contribution >= 4 is 17.7 Å². The number of aliphatic carboxylic acids is 2. The molecular formula is C12H9F3O5. The predicted octanol–water partition coefficient (Wildman–Crippen LogP) is 2.06. The van der Waals surface area contributed by atoms with Crippen LogP contribution in [0.25, 0.3) is 0 Å². The van der Waals surface area contributed by atoms with Crippen LogP contribution < -0.4 is 0 Å². The number of hydrogen-bond donors (Lipinski definition) is 2. The quantitative estimate of drug-likeness (QED) is 0.639. The maximum Gasteiger partial charge on any atom is 0.416 e. The van der Waals surface area contributed by atoms with E-state index in [-0.39, 0.29) is 5.56 Å². The van der Waals surface area contributed by atoms with Gasteiger partial charge in [0.05, 0.1) is 5.56 Å². The van der Waals surface area contributed by atoms with E-state index < -0.39 is 41.8 Å². The lowest BCUT2D eigenvalue weighted by Gasteiger charge is -2.08. The van der Waals surface area contributed by atoms with Crippen LogP contribution in [-0.4, -0.2) is 27.9 Å². The Kier molecular flexibility index (Phi) is 4.49. The largest absolute Gasteiger partial charge is 0.481 e. The number of alkyl halides is 3. The summed E-state index contributed by atoms with van der Waals surface area (Å²) < 4.78 is 36.9. The van der Waals surface area contributed by atoms with Gasteiger partial charge < -0.3 is 10.2 Å². The van der Waals surface area contributed by atoms with Crippen LogP contribution in [0.1, 0.15) is 22.3 Å². The summed E-state index contributed by atoms with van der Waals surface area (Å²) in [5, 5.41) is 17.2. The van der Waals surface area contributed by atoms with Gasteiger partial charge in [-0.05, 0) is 12.1 Å². The van der Waals surface area contributed by atoms with Gasteiger partial charge in [-0.3, -0.25) is 14.4 Å². The van der Waals surface area contributed by atoms with Crippen LogP contribution in [0.15, 0.2) is 24.3 Å². The van der Waals surface area contributed by atoms with Crippen LogP contribution in [0.5, 0.6) is 0 Å². The summed E-state index contributed by atoms with van der Waals surface area (Å²) in [7, 11) is 0. The molecule has 0 bridgehead atoms. The molecule has 0 atom stereocenters. The summed E-state index contributed by atoms with van der Waals surface area (Å²) in [6.07, 6.45) is -5.37. The molecule has 1 aromatic rings. The van der Waals surface area contributed by atoms with Crippen molar-refractivity contribution in [2.75, 3.05) is 0 Å². The van der Waals surface area contributed by atoms with Gasteiger partial charge in [0.2, 0.25) is 0 Å². The second-order valence-corrected chi connectivity index (χ2v) is 3.93. The van der Waals surface area contributed by atoms with E-state index in [1.54, 1.807) is 0 Å². The molecule has 0 spiro atoms. The zero-order valence-corrected chi connectivity index (χ0v) is 9.85. The Balaban J connectivity index is 2.88. The first-order chi connectivity index (χ1) is 9.12. The van der Waals surface area contributed by atoms with Gasteiger partial charge in [0.1, 0.15) is 0 Å². The van der Waals surface area contributed by atoms with Gasteiger partial charge >= 0.3 is 18.1 Å². The van der Waals surface area contributed by atoms with Crippen molar-refractivity contribution in [3.63, 3.8) is 0 Å². The second kappa shape index (κ2) is 5.72. The average molecular weight is 290 g/mol.